The highest BCUT2D eigenvalue weighted by Gasteiger charge is 2.09. The number of hydrogen-bond donors (Lipinski definition) is 1. The number of nitrogens with zero attached hydrogens (tertiary/aromatic N) is 2. The van der Waals surface area contributed by atoms with Gasteiger partial charge in [0.1, 0.15) is 5.82 Å². The highest BCUT2D eigenvalue weighted by Crippen LogP contribution is 2.17. The summed E-state index contributed by atoms with van der Waals surface area (Å²) in [5.74, 6) is 1.46. The third-order valence-electron chi connectivity index (χ3n) is 4.86. The molecule has 1 amide bonds. The summed E-state index contributed by atoms with van der Waals surface area (Å²) in [6, 6.07) is 16.5. The Labute approximate surface area is 167 Å². The number of carbonyl (C=O) groups excluding carboxylic acids is 1. The first kappa shape index (κ1) is 19.9. The monoisotopic (exact) mass is 375 g/mol. The van der Waals surface area contributed by atoms with Gasteiger partial charge < -0.3 is 9.88 Å². The van der Waals surface area contributed by atoms with E-state index in [1.165, 1.54) is 5.56 Å². The first-order valence-electron chi connectivity index (χ1n) is 10.1. The summed E-state index contributed by atoms with van der Waals surface area (Å²) in [5, 5.41) is 2.97. The van der Waals surface area contributed by atoms with Crippen molar-refractivity contribution < 1.29 is 4.79 Å². The molecule has 1 N–H and O–H groups in total. The molecule has 0 unspecified atom stereocenters. The molecule has 28 heavy (non-hydrogen) atoms. The highest BCUT2D eigenvalue weighted by atomic mass is 16.1. The van der Waals surface area contributed by atoms with Crippen molar-refractivity contribution in [2.45, 2.75) is 46.1 Å². The van der Waals surface area contributed by atoms with Crippen LogP contribution >= 0.6 is 0 Å². The van der Waals surface area contributed by atoms with Crippen LogP contribution in [0.5, 0.6) is 0 Å². The number of para-hydroxylation sites is 2. The molecule has 0 spiro atoms. The van der Waals surface area contributed by atoms with E-state index < -0.39 is 0 Å². The zero-order valence-corrected chi connectivity index (χ0v) is 17.0. The van der Waals surface area contributed by atoms with Crippen molar-refractivity contribution in [3.8, 4) is 0 Å². The normalized spacial score (nSPS) is 11.6. The molecule has 0 fully saturated rings. The van der Waals surface area contributed by atoms with Crippen molar-refractivity contribution in [2.75, 3.05) is 6.54 Å². The Morgan fingerprint density at radius 2 is 1.89 bits per heavy atom. The van der Waals surface area contributed by atoms with Crippen LogP contribution < -0.4 is 5.32 Å². The fourth-order valence-corrected chi connectivity index (χ4v) is 3.31. The SMILES string of the molecule is CCCn1c(CCNC(=O)/C=C/c2ccc(C(C)C)cc2)nc2ccccc21. The Morgan fingerprint density at radius 1 is 1.14 bits per heavy atom. The Hall–Kier alpha value is -2.88. The molecule has 3 aromatic rings. The van der Waals surface area contributed by atoms with E-state index in [2.05, 4.69) is 48.9 Å². The van der Waals surface area contributed by atoms with Gasteiger partial charge in [-0.2, -0.15) is 0 Å². The first-order valence-corrected chi connectivity index (χ1v) is 10.1. The van der Waals surface area contributed by atoms with E-state index in [-0.39, 0.29) is 5.91 Å². The Balaban J connectivity index is 1.56. The van der Waals surface area contributed by atoms with Crippen LogP contribution in [0.1, 0.15) is 50.1 Å². The molecule has 0 saturated carbocycles. The van der Waals surface area contributed by atoms with Gasteiger partial charge >= 0.3 is 0 Å². The summed E-state index contributed by atoms with van der Waals surface area (Å²) in [6.07, 6.45) is 5.22. The lowest BCUT2D eigenvalue weighted by Gasteiger charge is -2.08. The van der Waals surface area contributed by atoms with Gasteiger partial charge in [-0.3, -0.25) is 4.79 Å². The van der Waals surface area contributed by atoms with Gasteiger partial charge in [-0.15, -0.1) is 0 Å². The molecule has 0 aliphatic carbocycles. The molecule has 0 aliphatic heterocycles. The van der Waals surface area contributed by atoms with Crippen LogP contribution in [0.3, 0.4) is 0 Å². The average molecular weight is 376 g/mol. The second kappa shape index (κ2) is 9.36. The number of fused-ring (bicyclic) bond motifs is 1. The minimum absolute atomic E-state index is 0.0777. The number of carbonyl (C=O) groups is 1. The highest BCUT2D eigenvalue weighted by molar-refractivity contribution is 5.91. The first-order chi connectivity index (χ1) is 13.6. The number of aryl methyl sites for hydroxylation is 1. The summed E-state index contributed by atoms with van der Waals surface area (Å²) < 4.78 is 2.26. The predicted octanol–water partition coefficient (Wildman–Crippen LogP) is 4.94. The lowest BCUT2D eigenvalue weighted by atomic mass is 10.0. The fraction of sp³-hybridized carbons (Fsp3) is 0.333. The summed E-state index contributed by atoms with van der Waals surface area (Å²) in [5.41, 5.74) is 4.51. The summed E-state index contributed by atoms with van der Waals surface area (Å²) in [7, 11) is 0. The average Bonchev–Trinajstić information content (AvgIpc) is 3.04. The number of imidazole rings is 1. The Kier molecular flexibility index (Phi) is 6.64. The van der Waals surface area contributed by atoms with E-state index in [4.69, 9.17) is 4.98 Å². The van der Waals surface area contributed by atoms with E-state index in [1.807, 2.05) is 36.4 Å². The maximum Gasteiger partial charge on any atom is 0.244 e. The molecule has 0 aliphatic rings. The molecule has 0 atom stereocenters. The summed E-state index contributed by atoms with van der Waals surface area (Å²) in [6.45, 7) is 8.03. The number of amides is 1. The van der Waals surface area contributed by atoms with Crippen LogP contribution in [0, 0.1) is 0 Å². The maximum absolute atomic E-state index is 12.1. The van der Waals surface area contributed by atoms with Gasteiger partial charge in [-0.1, -0.05) is 57.2 Å². The third kappa shape index (κ3) is 4.89. The molecular formula is C24H29N3O. The van der Waals surface area contributed by atoms with Crippen LogP contribution in [-0.4, -0.2) is 22.0 Å². The minimum atomic E-state index is -0.0777. The number of nitrogens with one attached hydrogen (secondary N) is 1. The zero-order chi connectivity index (χ0) is 19.9. The van der Waals surface area contributed by atoms with Gasteiger partial charge in [0.2, 0.25) is 5.91 Å². The molecule has 4 nitrogen and oxygen atoms in total. The van der Waals surface area contributed by atoms with Crippen LogP contribution in [0.4, 0.5) is 0 Å². The van der Waals surface area contributed by atoms with Crippen molar-refractivity contribution in [1.82, 2.24) is 14.9 Å². The quantitative estimate of drug-likeness (QED) is 0.567. The van der Waals surface area contributed by atoms with Crippen molar-refractivity contribution in [1.29, 1.82) is 0 Å². The molecule has 0 bridgehead atoms. The summed E-state index contributed by atoms with van der Waals surface area (Å²) in [4.78, 5) is 16.9. The number of benzene rings is 2. The van der Waals surface area contributed by atoms with Gasteiger partial charge in [0, 0.05) is 25.6 Å². The van der Waals surface area contributed by atoms with E-state index in [0.29, 0.717) is 12.5 Å². The predicted molar refractivity (Wildman–Crippen MR) is 116 cm³/mol. The number of rotatable bonds is 8. The number of aromatic nitrogens is 2. The Bertz CT molecular complexity index is 952. The smallest absolute Gasteiger partial charge is 0.244 e. The van der Waals surface area contributed by atoms with Crippen LogP contribution in [0.25, 0.3) is 17.1 Å². The van der Waals surface area contributed by atoms with E-state index in [0.717, 1.165) is 41.8 Å². The Morgan fingerprint density at radius 3 is 2.61 bits per heavy atom. The van der Waals surface area contributed by atoms with Gasteiger partial charge in [-0.05, 0) is 41.7 Å². The molecular weight excluding hydrogens is 346 g/mol. The molecule has 146 valence electrons. The number of hydrogen-bond acceptors (Lipinski definition) is 2. The van der Waals surface area contributed by atoms with Crippen LogP contribution in [0.2, 0.25) is 0 Å². The van der Waals surface area contributed by atoms with Crippen molar-refractivity contribution in [3.05, 3.63) is 71.6 Å². The molecule has 1 aromatic heterocycles. The molecule has 3 rings (SSSR count). The largest absolute Gasteiger partial charge is 0.352 e. The zero-order valence-electron chi connectivity index (χ0n) is 17.0. The molecule has 4 heteroatoms. The minimum Gasteiger partial charge on any atom is -0.352 e. The summed E-state index contributed by atoms with van der Waals surface area (Å²) >= 11 is 0. The molecule has 0 saturated heterocycles. The van der Waals surface area contributed by atoms with Gasteiger partial charge in [-0.25, -0.2) is 4.98 Å². The van der Waals surface area contributed by atoms with E-state index in [9.17, 15) is 4.79 Å². The molecule has 0 radical (unpaired) electrons. The molecule has 2 aromatic carbocycles. The van der Waals surface area contributed by atoms with Gasteiger partial charge in [0.15, 0.2) is 0 Å². The topological polar surface area (TPSA) is 46.9 Å². The van der Waals surface area contributed by atoms with Crippen molar-refractivity contribution in [3.63, 3.8) is 0 Å². The lowest BCUT2D eigenvalue weighted by molar-refractivity contribution is -0.116. The van der Waals surface area contributed by atoms with E-state index in [1.54, 1.807) is 6.08 Å². The van der Waals surface area contributed by atoms with Crippen molar-refractivity contribution in [2.24, 2.45) is 0 Å². The molecule has 1 heterocycles. The fourth-order valence-electron chi connectivity index (χ4n) is 3.31. The van der Waals surface area contributed by atoms with Crippen LogP contribution in [0.15, 0.2) is 54.6 Å². The van der Waals surface area contributed by atoms with E-state index >= 15 is 0 Å². The second-order valence-electron chi connectivity index (χ2n) is 7.36. The third-order valence-corrected chi connectivity index (χ3v) is 4.86. The van der Waals surface area contributed by atoms with Crippen molar-refractivity contribution >= 4 is 23.0 Å². The van der Waals surface area contributed by atoms with Gasteiger partial charge in [0.05, 0.1) is 11.0 Å². The standard InChI is InChI=1S/C24H29N3O/c1-4-17-27-22-8-6-5-7-21(22)26-23(27)15-16-25-24(28)14-11-19-9-12-20(13-10-19)18(2)3/h5-14,18H,4,15-17H2,1-3H3,(H,25,28)/b14-11+. The van der Waals surface area contributed by atoms with Gasteiger partial charge in [0.25, 0.3) is 0 Å². The lowest BCUT2D eigenvalue weighted by Crippen LogP contribution is -2.24. The second-order valence-corrected chi connectivity index (χ2v) is 7.36. The van der Waals surface area contributed by atoms with Crippen LogP contribution in [-0.2, 0) is 17.8 Å². The maximum atomic E-state index is 12.1.